The van der Waals surface area contributed by atoms with Crippen LogP contribution in [0, 0.1) is 10.1 Å². The molecule has 0 unspecified atom stereocenters. The summed E-state index contributed by atoms with van der Waals surface area (Å²) in [6.45, 7) is 2.74. The summed E-state index contributed by atoms with van der Waals surface area (Å²) in [7, 11) is 0. The quantitative estimate of drug-likeness (QED) is 0.506. The molecule has 0 fully saturated rings. The van der Waals surface area contributed by atoms with E-state index >= 15 is 0 Å². The van der Waals surface area contributed by atoms with Crippen molar-refractivity contribution in [2.24, 2.45) is 0 Å². The SMILES string of the molecule is CCn1cnc2nc3cc([N+](=O)[O-])ccc3nc21. The maximum Gasteiger partial charge on any atom is 0.271 e. The first-order valence-corrected chi connectivity index (χ1v) is 5.46. The Morgan fingerprint density at radius 2 is 2.17 bits per heavy atom. The second kappa shape index (κ2) is 3.73. The molecular formula is C11H9N5O2. The molecule has 0 bridgehead atoms. The maximum absolute atomic E-state index is 10.7. The van der Waals surface area contributed by atoms with E-state index in [1.54, 1.807) is 12.4 Å². The molecule has 1 aromatic carbocycles. The van der Waals surface area contributed by atoms with Crippen molar-refractivity contribution in [2.75, 3.05) is 0 Å². The third-order valence-corrected chi connectivity index (χ3v) is 2.75. The molecule has 2 aromatic heterocycles. The average Bonchev–Trinajstić information content (AvgIpc) is 2.77. The van der Waals surface area contributed by atoms with E-state index in [0.717, 1.165) is 6.54 Å². The molecule has 0 aliphatic rings. The van der Waals surface area contributed by atoms with E-state index in [0.29, 0.717) is 22.3 Å². The molecule has 0 radical (unpaired) electrons. The predicted octanol–water partition coefficient (Wildman–Crippen LogP) is 1.91. The zero-order chi connectivity index (χ0) is 12.7. The Morgan fingerprint density at radius 1 is 1.33 bits per heavy atom. The highest BCUT2D eigenvalue weighted by molar-refractivity contribution is 5.84. The Labute approximate surface area is 101 Å². The van der Waals surface area contributed by atoms with E-state index in [9.17, 15) is 10.1 Å². The van der Waals surface area contributed by atoms with Gasteiger partial charge in [0.25, 0.3) is 5.69 Å². The normalized spacial score (nSPS) is 11.2. The highest BCUT2D eigenvalue weighted by Crippen LogP contribution is 2.20. The molecule has 2 heterocycles. The van der Waals surface area contributed by atoms with E-state index in [-0.39, 0.29) is 5.69 Å². The van der Waals surface area contributed by atoms with Crippen LogP contribution in [-0.2, 0) is 6.54 Å². The van der Waals surface area contributed by atoms with Gasteiger partial charge in [0.05, 0.1) is 22.3 Å². The second-order valence-corrected chi connectivity index (χ2v) is 3.83. The number of hydrogen-bond acceptors (Lipinski definition) is 5. The first-order chi connectivity index (χ1) is 8.69. The monoisotopic (exact) mass is 243 g/mol. The molecule has 0 aliphatic carbocycles. The summed E-state index contributed by atoms with van der Waals surface area (Å²) in [4.78, 5) is 23.1. The van der Waals surface area contributed by atoms with Gasteiger partial charge in [-0.1, -0.05) is 0 Å². The fourth-order valence-corrected chi connectivity index (χ4v) is 1.83. The third-order valence-electron chi connectivity index (χ3n) is 2.75. The van der Waals surface area contributed by atoms with Gasteiger partial charge in [0.15, 0.2) is 11.3 Å². The molecule has 18 heavy (non-hydrogen) atoms. The number of aromatic nitrogens is 4. The Balaban J connectivity index is 2.32. The van der Waals surface area contributed by atoms with Crippen LogP contribution in [0.3, 0.4) is 0 Å². The van der Waals surface area contributed by atoms with Gasteiger partial charge in [-0.25, -0.2) is 15.0 Å². The number of nitro groups is 1. The van der Waals surface area contributed by atoms with Crippen LogP contribution >= 0.6 is 0 Å². The molecule has 0 aliphatic heterocycles. The molecule has 0 saturated carbocycles. The van der Waals surface area contributed by atoms with Crippen LogP contribution in [0.4, 0.5) is 5.69 Å². The summed E-state index contributed by atoms with van der Waals surface area (Å²) in [5.41, 5.74) is 2.32. The van der Waals surface area contributed by atoms with Gasteiger partial charge in [0.1, 0.15) is 0 Å². The molecule has 0 amide bonds. The van der Waals surface area contributed by atoms with Gasteiger partial charge in [0, 0.05) is 18.7 Å². The van der Waals surface area contributed by atoms with Crippen LogP contribution in [0.15, 0.2) is 24.5 Å². The van der Waals surface area contributed by atoms with Crippen LogP contribution in [0.5, 0.6) is 0 Å². The lowest BCUT2D eigenvalue weighted by Crippen LogP contribution is -1.95. The van der Waals surface area contributed by atoms with Crippen molar-refractivity contribution in [3.8, 4) is 0 Å². The average molecular weight is 243 g/mol. The number of nitro benzene ring substituents is 1. The number of nitrogens with zero attached hydrogens (tertiary/aromatic N) is 5. The minimum atomic E-state index is -0.448. The molecule has 0 saturated heterocycles. The summed E-state index contributed by atoms with van der Waals surface area (Å²) < 4.78 is 1.88. The lowest BCUT2D eigenvalue weighted by atomic mass is 10.2. The number of fused-ring (bicyclic) bond motifs is 2. The topological polar surface area (TPSA) is 86.7 Å². The maximum atomic E-state index is 10.7. The van der Waals surface area contributed by atoms with Crippen molar-refractivity contribution >= 4 is 28.0 Å². The van der Waals surface area contributed by atoms with Crippen molar-refractivity contribution in [1.82, 2.24) is 19.5 Å². The summed E-state index contributed by atoms with van der Waals surface area (Å²) in [5.74, 6) is 0. The van der Waals surface area contributed by atoms with Crippen LogP contribution in [0.1, 0.15) is 6.92 Å². The van der Waals surface area contributed by atoms with Crippen molar-refractivity contribution in [1.29, 1.82) is 0 Å². The molecule has 0 atom stereocenters. The predicted molar refractivity (Wildman–Crippen MR) is 65.2 cm³/mol. The van der Waals surface area contributed by atoms with Gasteiger partial charge in [-0.05, 0) is 13.0 Å². The van der Waals surface area contributed by atoms with Gasteiger partial charge in [-0.2, -0.15) is 0 Å². The zero-order valence-corrected chi connectivity index (χ0v) is 9.57. The number of hydrogen-bond donors (Lipinski definition) is 0. The molecule has 3 rings (SSSR count). The van der Waals surface area contributed by atoms with Crippen LogP contribution in [0.2, 0.25) is 0 Å². The Hall–Kier alpha value is -2.57. The van der Waals surface area contributed by atoms with E-state index in [4.69, 9.17) is 0 Å². The van der Waals surface area contributed by atoms with Crippen LogP contribution in [-0.4, -0.2) is 24.4 Å². The third kappa shape index (κ3) is 1.48. The van der Waals surface area contributed by atoms with Gasteiger partial charge in [-0.3, -0.25) is 10.1 Å². The van der Waals surface area contributed by atoms with Gasteiger partial charge < -0.3 is 4.57 Å². The number of aryl methyl sites for hydroxylation is 1. The van der Waals surface area contributed by atoms with E-state index in [2.05, 4.69) is 15.0 Å². The number of non-ortho nitro benzene ring substituents is 1. The largest absolute Gasteiger partial charge is 0.314 e. The molecule has 7 heteroatoms. The van der Waals surface area contributed by atoms with Gasteiger partial charge in [-0.15, -0.1) is 0 Å². The summed E-state index contributed by atoms with van der Waals surface area (Å²) in [6, 6.07) is 4.44. The van der Waals surface area contributed by atoms with Crippen molar-refractivity contribution in [3.05, 3.63) is 34.6 Å². The van der Waals surface area contributed by atoms with E-state index in [1.807, 2.05) is 11.5 Å². The minimum Gasteiger partial charge on any atom is -0.314 e. The van der Waals surface area contributed by atoms with Crippen molar-refractivity contribution < 1.29 is 4.92 Å². The van der Waals surface area contributed by atoms with Crippen LogP contribution in [0.25, 0.3) is 22.3 Å². The standard InChI is InChI=1S/C11H9N5O2/c1-2-15-6-12-10-11(15)14-8-4-3-7(16(17)18)5-9(8)13-10/h3-6H,2H2,1H3. The first-order valence-electron chi connectivity index (χ1n) is 5.46. The molecular weight excluding hydrogens is 234 g/mol. The fourth-order valence-electron chi connectivity index (χ4n) is 1.83. The smallest absolute Gasteiger partial charge is 0.271 e. The zero-order valence-electron chi connectivity index (χ0n) is 9.57. The lowest BCUT2D eigenvalue weighted by Gasteiger charge is -2.00. The Bertz CT molecular complexity index is 765. The highest BCUT2D eigenvalue weighted by atomic mass is 16.6. The van der Waals surface area contributed by atoms with Crippen molar-refractivity contribution in [3.63, 3.8) is 0 Å². The molecule has 7 nitrogen and oxygen atoms in total. The fraction of sp³-hybridized carbons (Fsp3) is 0.182. The summed E-state index contributed by atoms with van der Waals surface area (Å²) in [5, 5.41) is 10.7. The summed E-state index contributed by atoms with van der Waals surface area (Å²) in [6.07, 6.45) is 1.66. The Kier molecular flexibility index (Phi) is 2.19. The molecule has 90 valence electrons. The highest BCUT2D eigenvalue weighted by Gasteiger charge is 2.11. The van der Waals surface area contributed by atoms with E-state index < -0.39 is 4.92 Å². The van der Waals surface area contributed by atoms with E-state index in [1.165, 1.54) is 12.1 Å². The second-order valence-electron chi connectivity index (χ2n) is 3.83. The molecule has 0 spiro atoms. The minimum absolute atomic E-state index is 0.00562. The number of benzene rings is 1. The Morgan fingerprint density at radius 3 is 2.89 bits per heavy atom. The van der Waals surface area contributed by atoms with Crippen molar-refractivity contribution in [2.45, 2.75) is 13.5 Å². The van der Waals surface area contributed by atoms with Crippen LogP contribution < -0.4 is 0 Å². The lowest BCUT2D eigenvalue weighted by molar-refractivity contribution is -0.384. The first kappa shape index (κ1) is 10.6. The van der Waals surface area contributed by atoms with Gasteiger partial charge in [0.2, 0.25) is 0 Å². The molecule has 0 N–H and O–H groups in total. The summed E-state index contributed by atoms with van der Waals surface area (Å²) >= 11 is 0. The van der Waals surface area contributed by atoms with Gasteiger partial charge >= 0.3 is 0 Å². The number of imidazole rings is 1. The number of rotatable bonds is 2. The molecule has 3 aromatic rings.